The molecule has 110 valence electrons. The average molecular weight is 293 g/mol. The molecule has 0 aromatic heterocycles. The van der Waals surface area contributed by atoms with Crippen LogP contribution >= 0.6 is 0 Å². The van der Waals surface area contributed by atoms with E-state index in [9.17, 15) is 18.8 Å². The van der Waals surface area contributed by atoms with Crippen LogP contribution in [0.25, 0.3) is 0 Å². The summed E-state index contributed by atoms with van der Waals surface area (Å²) in [5.41, 5.74) is -1.96. The number of alkyl halides is 1. The topological polar surface area (TPSA) is 72.9 Å². The van der Waals surface area contributed by atoms with E-state index in [0.717, 1.165) is 0 Å². The van der Waals surface area contributed by atoms with Crippen molar-refractivity contribution >= 4 is 17.8 Å². The monoisotopic (exact) mass is 293 g/mol. The summed E-state index contributed by atoms with van der Waals surface area (Å²) in [7, 11) is 0. The van der Waals surface area contributed by atoms with Gasteiger partial charge in [-0.3, -0.25) is 9.59 Å². The maximum absolute atomic E-state index is 14.4. The molecule has 1 fully saturated rings. The summed E-state index contributed by atoms with van der Waals surface area (Å²) in [5, 5.41) is 0.323. The van der Waals surface area contributed by atoms with E-state index < -0.39 is 23.5 Å². The lowest BCUT2D eigenvalue weighted by molar-refractivity contribution is -0.188. The van der Waals surface area contributed by atoms with Crippen molar-refractivity contribution in [3.63, 3.8) is 0 Å². The van der Waals surface area contributed by atoms with Gasteiger partial charge < -0.3 is 9.57 Å². The van der Waals surface area contributed by atoms with Crippen LogP contribution in [0, 0.1) is 0 Å². The minimum Gasteiger partial charge on any atom is -0.381 e. The lowest BCUT2D eigenvalue weighted by Gasteiger charge is -2.28. The second-order valence-corrected chi connectivity index (χ2v) is 4.91. The first-order valence-electron chi connectivity index (χ1n) is 6.50. The first-order valence-corrected chi connectivity index (χ1v) is 6.50. The zero-order valence-corrected chi connectivity index (χ0v) is 11.0. The van der Waals surface area contributed by atoms with Gasteiger partial charge in [0, 0.05) is 12.8 Å². The molecule has 7 heteroatoms. The van der Waals surface area contributed by atoms with E-state index in [-0.39, 0.29) is 37.2 Å². The summed E-state index contributed by atoms with van der Waals surface area (Å²) in [4.78, 5) is 40.7. The van der Waals surface area contributed by atoms with Gasteiger partial charge in [-0.05, 0) is 12.1 Å². The fourth-order valence-electron chi connectivity index (χ4n) is 2.31. The summed E-state index contributed by atoms with van der Waals surface area (Å²) >= 11 is 0. The molecule has 6 nitrogen and oxygen atoms in total. The molecule has 0 atom stereocenters. The predicted octanol–water partition coefficient (Wildman–Crippen LogP) is 1.26. The Morgan fingerprint density at radius 3 is 2.19 bits per heavy atom. The maximum Gasteiger partial charge on any atom is 0.370 e. The van der Waals surface area contributed by atoms with Crippen LogP contribution < -0.4 is 0 Å². The van der Waals surface area contributed by atoms with Gasteiger partial charge in [0.1, 0.15) is 0 Å². The standard InChI is InChI=1S/C14H12FNO5/c15-14(5-7-20-8-6-14)13(19)21-16-11(17)9-3-1-2-4-10(9)12(16)18/h1-4H,5-8H2. The molecule has 0 N–H and O–H groups in total. The summed E-state index contributed by atoms with van der Waals surface area (Å²) in [6.45, 7) is 0.182. The summed E-state index contributed by atoms with van der Waals surface area (Å²) in [5.74, 6) is -2.76. The van der Waals surface area contributed by atoms with Crippen molar-refractivity contribution in [3.8, 4) is 0 Å². The Kier molecular flexibility index (Phi) is 3.21. The van der Waals surface area contributed by atoms with Crippen LogP contribution in [0.3, 0.4) is 0 Å². The number of amides is 2. The van der Waals surface area contributed by atoms with Crippen LogP contribution in [-0.4, -0.2) is 41.7 Å². The lowest BCUT2D eigenvalue weighted by Crippen LogP contribution is -2.45. The highest BCUT2D eigenvalue weighted by atomic mass is 19.1. The summed E-state index contributed by atoms with van der Waals surface area (Å²) in [6, 6.07) is 6.07. The van der Waals surface area contributed by atoms with Crippen molar-refractivity contribution in [1.29, 1.82) is 0 Å². The number of ether oxygens (including phenoxy) is 1. The largest absolute Gasteiger partial charge is 0.381 e. The molecule has 2 aliphatic rings. The highest BCUT2D eigenvalue weighted by Crippen LogP contribution is 2.29. The second kappa shape index (κ2) is 4.92. The Morgan fingerprint density at radius 2 is 1.67 bits per heavy atom. The summed E-state index contributed by atoms with van der Waals surface area (Å²) in [6.07, 6.45) is -0.315. The molecule has 0 bridgehead atoms. The molecule has 0 spiro atoms. The molecule has 1 aromatic rings. The molecule has 1 saturated heterocycles. The number of halogens is 1. The van der Waals surface area contributed by atoms with Gasteiger partial charge in [0.15, 0.2) is 0 Å². The number of hydroxylamine groups is 2. The molecule has 0 aliphatic carbocycles. The van der Waals surface area contributed by atoms with Crippen molar-refractivity contribution in [2.24, 2.45) is 0 Å². The molecule has 0 unspecified atom stereocenters. The average Bonchev–Trinajstić information content (AvgIpc) is 2.74. The minimum absolute atomic E-state index is 0.0910. The van der Waals surface area contributed by atoms with E-state index >= 15 is 0 Å². The van der Waals surface area contributed by atoms with E-state index in [1.165, 1.54) is 12.1 Å². The first kappa shape index (κ1) is 13.7. The van der Waals surface area contributed by atoms with Gasteiger partial charge in [0.05, 0.1) is 24.3 Å². The van der Waals surface area contributed by atoms with Crippen LogP contribution in [-0.2, 0) is 14.4 Å². The number of carbonyl (C=O) groups excluding carboxylic acids is 3. The normalized spacial score (nSPS) is 20.3. The molecule has 3 rings (SSSR count). The molecular weight excluding hydrogens is 281 g/mol. The highest BCUT2D eigenvalue weighted by Gasteiger charge is 2.46. The third kappa shape index (κ3) is 2.19. The molecule has 21 heavy (non-hydrogen) atoms. The predicted molar refractivity (Wildman–Crippen MR) is 66.9 cm³/mol. The van der Waals surface area contributed by atoms with Crippen LogP contribution in [0.2, 0.25) is 0 Å². The van der Waals surface area contributed by atoms with E-state index in [0.29, 0.717) is 5.06 Å². The molecule has 2 amide bonds. The minimum atomic E-state index is -2.23. The van der Waals surface area contributed by atoms with Gasteiger partial charge in [0.25, 0.3) is 11.8 Å². The molecule has 1 aromatic carbocycles. The highest BCUT2D eigenvalue weighted by molar-refractivity contribution is 6.20. The van der Waals surface area contributed by atoms with Crippen molar-refractivity contribution in [2.75, 3.05) is 13.2 Å². The Bertz CT molecular complexity index is 589. The van der Waals surface area contributed by atoms with Crippen LogP contribution in [0.5, 0.6) is 0 Å². The van der Waals surface area contributed by atoms with Gasteiger partial charge in [0.2, 0.25) is 5.67 Å². The fraction of sp³-hybridized carbons (Fsp3) is 0.357. The van der Waals surface area contributed by atoms with Gasteiger partial charge >= 0.3 is 5.97 Å². The number of nitrogens with zero attached hydrogens (tertiary/aromatic N) is 1. The van der Waals surface area contributed by atoms with Crippen LogP contribution in [0.1, 0.15) is 33.6 Å². The van der Waals surface area contributed by atoms with Crippen LogP contribution in [0.4, 0.5) is 4.39 Å². The number of hydrogen-bond donors (Lipinski definition) is 0. The Labute approximate surface area is 119 Å². The van der Waals surface area contributed by atoms with Crippen molar-refractivity contribution < 1.29 is 28.3 Å². The number of rotatable bonds is 2. The van der Waals surface area contributed by atoms with E-state index in [1.807, 2.05) is 0 Å². The maximum atomic E-state index is 14.4. The second-order valence-electron chi connectivity index (χ2n) is 4.91. The number of fused-ring (bicyclic) bond motifs is 1. The smallest absolute Gasteiger partial charge is 0.370 e. The Hall–Kier alpha value is -2.28. The fourth-order valence-corrected chi connectivity index (χ4v) is 2.31. The lowest BCUT2D eigenvalue weighted by atomic mass is 9.97. The van der Waals surface area contributed by atoms with Gasteiger partial charge in [-0.1, -0.05) is 17.2 Å². The Morgan fingerprint density at radius 1 is 1.14 bits per heavy atom. The number of carbonyl (C=O) groups is 3. The number of hydrogen-bond acceptors (Lipinski definition) is 5. The number of imide groups is 1. The molecule has 2 heterocycles. The van der Waals surface area contributed by atoms with Crippen LogP contribution in [0.15, 0.2) is 24.3 Å². The van der Waals surface area contributed by atoms with Crippen molar-refractivity contribution in [1.82, 2.24) is 5.06 Å². The van der Waals surface area contributed by atoms with Crippen molar-refractivity contribution in [3.05, 3.63) is 35.4 Å². The Balaban J connectivity index is 1.79. The van der Waals surface area contributed by atoms with Gasteiger partial charge in [-0.2, -0.15) is 0 Å². The third-order valence-corrected chi connectivity index (χ3v) is 3.58. The molecule has 2 aliphatic heterocycles. The van der Waals surface area contributed by atoms with Gasteiger partial charge in [-0.15, -0.1) is 0 Å². The quantitative estimate of drug-likeness (QED) is 0.768. The molecule has 0 saturated carbocycles. The van der Waals surface area contributed by atoms with E-state index in [2.05, 4.69) is 0 Å². The zero-order chi connectivity index (χ0) is 15.0. The first-order chi connectivity index (χ1) is 10.0. The van der Waals surface area contributed by atoms with E-state index in [1.54, 1.807) is 12.1 Å². The third-order valence-electron chi connectivity index (χ3n) is 3.58. The molecule has 0 radical (unpaired) electrons. The SMILES string of the molecule is O=C1c2ccccc2C(=O)N1OC(=O)C1(F)CCOCC1. The molecular formula is C14H12FNO5. The van der Waals surface area contributed by atoms with Crippen molar-refractivity contribution in [2.45, 2.75) is 18.5 Å². The van der Waals surface area contributed by atoms with E-state index in [4.69, 9.17) is 9.57 Å². The number of benzene rings is 1. The van der Waals surface area contributed by atoms with Gasteiger partial charge in [-0.25, -0.2) is 9.18 Å². The zero-order valence-electron chi connectivity index (χ0n) is 11.0. The summed E-state index contributed by atoms with van der Waals surface area (Å²) < 4.78 is 19.4.